The topological polar surface area (TPSA) is 36.3 Å². The van der Waals surface area contributed by atoms with Gasteiger partial charge in [0.1, 0.15) is 0 Å². The molecule has 2 heterocycles. The van der Waals surface area contributed by atoms with E-state index in [0.717, 1.165) is 23.5 Å². The van der Waals surface area contributed by atoms with Crippen LogP contribution in [0.25, 0.3) is 0 Å². The number of hydrogen-bond donors (Lipinski definition) is 0. The molecular formula is C8H11BrN2O2. The lowest BCUT2D eigenvalue weighted by Gasteiger charge is -2.23. The first-order chi connectivity index (χ1) is 6.31. The zero-order chi connectivity index (χ0) is 9.26. The van der Waals surface area contributed by atoms with Crippen LogP contribution < -0.4 is 4.74 Å². The number of aromatic nitrogens is 2. The summed E-state index contributed by atoms with van der Waals surface area (Å²) in [5.74, 6) is 1.23. The second-order valence-corrected chi connectivity index (χ2v) is 3.97. The molecule has 5 heteroatoms. The molecule has 4 nitrogen and oxygen atoms in total. The van der Waals surface area contributed by atoms with Gasteiger partial charge in [-0.05, 0) is 15.9 Å². The van der Waals surface area contributed by atoms with E-state index in [-0.39, 0.29) is 0 Å². The third-order valence-electron chi connectivity index (χ3n) is 2.04. The summed E-state index contributed by atoms with van der Waals surface area (Å²) in [5.41, 5.74) is 0. The Bertz CT molecular complexity index is 300. The Balaban J connectivity index is 2.11. The molecule has 0 bridgehead atoms. The van der Waals surface area contributed by atoms with Gasteiger partial charge in [-0.15, -0.1) is 0 Å². The SMILES string of the molecule is COCC1COc2c(Br)cnn2C1. The van der Waals surface area contributed by atoms with Crippen LogP contribution in [-0.4, -0.2) is 30.1 Å². The molecule has 0 spiro atoms. The smallest absolute Gasteiger partial charge is 0.226 e. The summed E-state index contributed by atoms with van der Waals surface area (Å²) in [6.07, 6.45) is 1.75. The quantitative estimate of drug-likeness (QED) is 0.790. The molecule has 0 N–H and O–H groups in total. The molecule has 0 radical (unpaired) electrons. The summed E-state index contributed by atoms with van der Waals surface area (Å²) >= 11 is 3.37. The van der Waals surface area contributed by atoms with Gasteiger partial charge < -0.3 is 9.47 Å². The van der Waals surface area contributed by atoms with Crippen LogP contribution in [0, 0.1) is 5.92 Å². The average Bonchev–Trinajstić information content (AvgIpc) is 2.48. The van der Waals surface area contributed by atoms with Crippen molar-refractivity contribution in [3.8, 4) is 5.88 Å². The van der Waals surface area contributed by atoms with Crippen LogP contribution in [0.2, 0.25) is 0 Å². The minimum Gasteiger partial charge on any atom is -0.477 e. The molecule has 1 aromatic rings. The zero-order valence-electron chi connectivity index (χ0n) is 7.36. The zero-order valence-corrected chi connectivity index (χ0v) is 8.95. The van der Waals surface area contributed by atoms with E-state index in [9.17, 15) is 0 Å². The van der Waals surface area contributed by atoms with Crippen molar-refractivity contribution in [2.75, 3.05) is 20.3 Å². The summed E-state index contributed by atoms with van der Waals surface area (Å²) in [7, 11) is 1.70. The molecule has 2 rings (SSSR count). The Morgan fingerprint density at radius 2 is 2.69 bits per heavy atom. The molecule has 1 aliphatic rings. The molecule has 0 amide bonds. The lowest BCUT2D eigenvalue weighted by molar-refractivity contribution is 0.0793. The molecule has 1 aliphatic heterocycles. The summed E-state index contributed by atoms with van der Waals surface area (Å²) in [6, 6.07) is 0. The van der Waals surface area contributed by atoms with Crippen LogP contribution in [0.3, 0.4) is 0 Å². The third-order valence-corrected chi connectivity index (χ3v) is 2.58. The lowest BCUT2D eigenvalue weighted by Crippen LogP contribution is -2.28. The Kier molecular flexibility index (Phi) is 2.55. The maximum atomic E-state index is 5.53. The third kappa shape index (κ3) is 1.71. The molecule has 1 unspecified atom stereocenters. The highest BCUT2D eigenvalue weighted by Gasteiger charge is 2.22. The van der Waals surface area contributed by atoms with Crippen molar-refractivity contribution < 1.29 is 9.47 Å². The van der Waals surface area contributed by atoms with E-state index >= 15 is 0 Å². The van der Waals surface area contributed by atoms with Crippen molar-refractivity contribution >= 4 is 15.9 Å². The number of rotatable bonds is 2. The second-order valence-electron chi connectivity index (χ2n) is 3.11. The van der Waals surface area contributed by atoms with E-state index in [4.69, 9.17) is 9.47 Å². The highest BCUT2D eigenvalue weighted by atomic mass is 79.9. The monoisotopic (exact) mass is 246 g/mol. The number of ether oxygens (including phenoxy) is 2. The number of nitrogens with zero attached hydrogens (tertiary/aromatic N) is 2. The van der Waals surface area contributed by atoms with E-state index in [2.05, 4.69) is 21.0 Å². The van der Waals surface area contributed by atoms with Crippen molar-refractivity contribution in [1.29, 1.82) is 0 Å². The van der Waals surface area contributed by atoms with Gasteiger partial charge in [0.05, 0.1) is 30.4 Å². The summed E-state index contributed by atoms with van der Waals surface area (Å²) in [4.78, 5) is 0. The van der Waals surface area contributed by atoms with Crippen molar-refractivity contribution in [2.24, 2.45) is 5.92 Å². The van der Waals surface area contributed by atoms with Crippen LogP contribution >= 0.6 is 15.9 Å². The highest BCUT2D eigenvalue weighted by Crippen LogP contribution is 2.28. The largest absolute Gasteiger partial charge is 0.477 e. The van der Waals surface area contributed by atoms with Crippen molar-refractivity contribution in [3.05, 3.63) is 10.7 Å². The van der Waals surface area contributed by atoms with Gasteiger partial charge in [0.15, 0.2) is 0 Å². The molecule has 1 atom stereocenters. The molecule has 0 aliphatic carbocycles. The molecule has 13 heavy (non-hydrogen) atoms. The fourth-order valence-corrected chi connectivity index (χ4v) is 1.87. The molecule has 0 fully saturated rings. The van der Waals surface area contributed by atoms with Gasteiger partial charge in [-0.25, -0.2) is 4.68 Å². The number of hydrogen-bond acceptors (Lipinski definition) is 3. The van der Waals surface area contributed by atoms with Gasteiger partial charge in [-0.3, -0.25) is 0 Å². The molecule has 72 valence electrons. The minimum atomic E-state index is 0.407. The number of methoxy groups -OCH3 is 1. The molecule has 0 saturated carbocycles. The molecular weight excluding hydrogens is 236 g/mol. The highest BCUT2D eigenvalue weighted by molar-refractivity contribution is 9.10. The Morgan fingerprint density at radius 1 is 1.85 bits per heavy atom. The van der Waals surface area contributed by atoms with Crippen molar-refractivity contribution in [1.82, 2.24) is 9.78 Å². The maximum Gasteiger partial charge on any atom is 0.226 e. The van der Waals surface area contributed by atoms with Crippen LogP contribution in [0.5, 0.6) is 5.88 Å². The Labute approximate surface area is 85.0 Å². The predicted octanol–water partition coefficient (Wildman–Crippen LogP) is 1.30. The average molecular weight is 247 g/mol. The molecule has 0 aromatic carbocycles. The standard InChI is InChI=1S/C8H11BrN2O2/c1-12-4-6-3-11-8(13-5-6)7(9)2-10-11/h2,6H,3-5H2,1H3. The van der Waals surface area contributed by atoms with Gasteiger partial charge >= 0.3 is 0 Å². The van der Waals surface area contributed by atoms with Crippen LogP contribution in [-0.2, 0) is 11.3 Å². The summed E-state index contributed by atoms with van der Waals surface area (Å²) in [6.45, 7) is 2.30. The van der Waals surface area contributed by atoms with Gasteiger partial charge in [-0.2, -0.15) is 5.10 Å². The first-order valence-electron chi connectivity index (χ1n) is 4.14. The normalized spacial score (nSPS) is 20.9. The minimum absolute atomic E-state index is 0.407. The van der Waals surface area contributed by atoms with E-state index in [1.54, 1.807) is 13.3 Å². The fraction of sp³-hybridized carbons (Fsp3) is 0.625. The number of fused-ring (bicyclic) bond motifs is 1. The van der Waals surface area contributed by atoms with Gasteiger partial charge in [-0.1, -0.05) is 0 Å². The first kappa shape index (κ1) is 9.02. The first-order valence-corrected chi connectivity index (χ1v) is 4.93. The van der Waals surface area contributed by atoms with E-state index < -0.39 is 0 Å². The van der Waals surface area contributed by atoms with Gasteiger partial charge in [0.2, 0.25) is 5.88 Å². The van der Waals surface area contributed by atoms with Crippen LogP contribution in [0.1, 0.15) is 0 Å². The fourth-order valence-electron chi connectivity index (χ4n) is 1.46. The Morgan fingerprint density at radius 3 is 3.46 bits per heavy atom. The number of halogens is 1. The van der Waals surface area contributed by atoms with Crippen molar-refractivity contribution in [2.45, 2.75) is 6.54 Å². The predicted molar refractivity (Wildman–Crippen MR) is 50.8 cm³/mol. The maximum absolute atomic E-state index is 5.53. The molecule has 0 saturated heterocycles. The lowest BCUT2D eigenvalue weighted by atomic mass is 10.1. The van der Waals surface area contributed by atoms with Gasteiger partial charge in [0, 0.05) is 13.0 Å². The van der Waals surface area contributed by atoms with E-state index in [0.29, 0.717) is 12.5 Å². The summed E-state index contributed by atoms with van der Waals surface area (Å²) < 4.78 is 13.4. The Hall–Kier alpha value is -0.550. The summed E-state index contributed by atoms with van der Waals surface area (Å²) in [5, 5.41) is 4.18. The van der Waals surface area contributed by atoms with Crippen molar-refractivity contribution in [3.63, 3.8) is 0 Å². The van der Waals surface area contributed by atoms with E-state index in [1.807, 2.05) is 4.68 Å². The van der Waals surface area contributed by atoms with E-state index in [1.165, 1.54) is 0 Å². The molecule has 1 aromatic heterocycles. The van der Waals surface area contributed by atoms with Crippen LogP contribution in [0.15, 0.2) is 10.7 Å². The van der Waals surface area contributed by atoms with Gasteiger partial charge in [0.25, 0.3) is 0 Å². The second kappa shape index (κ2) is 3.67. The van der Waals surface area contributed by atoms with Crippen LogP contribution in [0.4, 0.5) is 0 Å².